The lowest BCUT2D eigenvalue weighted by Gasteiger charge is -2.38. The average Bonchev–Trinajstić information content (AvgIpc) is 2.70. The van der Waals surface area contributed by atoms with E-state index in [0.29, 0.717) is 18.0 Å². The maximum Gasteiger partial charge on any atom is 0.0634 e. The number of hydrogen-bond acceptors (Lipinski definition) is 3. The van der Waals surface area contributed by atoms with Crippen LogP contribution in [0.25, 0.3) is 0 Å². The van der Waals surface area contributed by atoms with Crippen LogP contribution in [0.5, 0.6) is 0 Å². The van der Waals surface area contributed by atoms with Gasteiger partial charge in [-0.15, -0.1) is 11.6 Å². The predicted molar refractivity (Wildman–Crippen MR) is 51.3 cm³/mol. The van der Waals surface area contributed by atoms with Gasteiger partial charge in [0.1, 0.15) is 0 Å². The third-order valence-corrected chi connectivity index (χ3v) is 3.18. The van der Waals surface area contributed by atoms with Crippen LogP contribution in [0.4, 0.5) is 0 Å². The van der Waals surface area contributed by atoms with Gasteiger partial charge in [-0.3, -0.25) is 4.90 Å². The molecule has 0 saturated carbocycles. The lowest BCUT2D eigenvalue weighted by Crippen LogP contribution is -2.51. The van der Waals surface area contributed by atoms with Crippen molar-refractivity contribution in [3.63, 3.8) is 0 Å². The molecule has 0 N–H and O–H groups in total. The Morgan fingerprint density at radius 3 is 2.77 bits per heavy atom. The molecular weight excluding hydrogens is 190 g/mol. The quantitative estimate of drug-likeness (QED) is 0.620. The van der Waals surface area contributed by atoms with Crippen molar-refractivity contribution in [2.75, 3.05) is 38.9 Å². The highest BCUT2D eigenvalue weighted by molar-refractivity contribution is 6.18. The summed E-state index contributed by atoms with van der Waals surface area (Å²) in [4.78, 5) is 2.45. The van der Waals surface area contributed by atoms with Gasteiger partial charge in [0, 0.05) is 31.1 Å². The molecule has 76 valence electrons. The first-order valence-corrected chi connectivity index (χ1v) is 5.42. The van der Waals surface area contributed by atoms with Gasteiger partial charge in [-0.2, -0.15) is 0 Å². The summed E-state index contributed by atoms with van der Waals surface area (Å²) in [5.74, 6) is 0.663. The molecule has 0 aliphatic carbocycles. The van der Waals surface area contributed by atoms with E-state index in [1.807, 2.05) is 0 Å². The van der Waals surface area contributed by atoms with Gasteiger partial charge in [-0.25, -0.2) is 0 Å². The Kier molecular flexibility index (Phi) is 3.44. The highest BCUT2D eigenvalue weighted by Crippen LogP contribution is 2.18. The van der Waals surface area contributed by atoms with Gasteiger partial charge in [0.25, 0.3) is 0 Å². The second kappa shape index (κ2) is 4.60. The molecule has 0 aromatic carbocycles. The Morgan fingerprint density at radius 1 is 1.23 bits per heavy atom. The molecule has 13 heavy (non-hydrogen) atoms. The molecule has 0 radical (unpaired) electrons. The highest BCUT2D eigenvalue weighted by Gasteiger charge is 2.30. The number of morpholine rings is 1. The molecule has 0 bridgehead atoms. The lowest BCUT2D eigenvalue weighted by molar-refractivity contribution is -0.0220. The van der Waals surface area contributed by atoms with E-state index in [1.54, 1.807) is 0 Å². The fourth-order valence-electron chi connectivity index (χ4n) is 2.07. The first kappa shape index (κ1) is 9.71. The first-order valence-electron chi connectivity index (χ1n) is 4.89. The maximum atomic E-state index is 5.89. The normalized spacial score (nSPS) is 36.7. The number of ether oxygens (including phenoxy) is 2. The topological polar surface area (TPSA) is 21.7 Å². The standard InChI is InChI=1S/C9H16ClNO2/c10-5-9-7-13-4-2-11(9)8-1-3-12-6-8/h8-9H,1-7H2. The van der Waals surface area contributed by atoms with Crippen molar-refractivity contribution in [3.8, 4) is 0 Å². The molecular formula is C9H16ClNO2. The molecule has 0 spiro atoms. The number of nitrogens with zero attached hydrogens (tertiary/aromatic N) is 1. The zero-order valence-electron chi connectivity index (χ0n) is 7.75. The summed E-state index contributed by atoms with van der Waals surface area (Å²) in [5, 5.41) is 0. The van der Waals surface area contributed by atoms with E-state index in [1.165, 1.54) is 0 Å². The third kappa shape index (κ3) is 2.15. The Labute approximate surface area is 83.9 Å². The second-order valence-corrected chi connectivity index (χ2v) is 3.95. The molecule has 2 aliphatic heterocycles. The van der Waals surface area contributed by atoms with Crippen molar-refractivity contribution in [2.45, 2.75) is 18.5 Å². The van der Waals surface area contributed by atoms with E-state index in [2.05, 4.69) is 4.90 Å². The fourth-order valence-corrected chi connectivity index (χ4v) is 2.33. The van der Waals surface area contributed by atoms with Gasteiger partial charge in [0.15, 0.2) is 0 Å². The maximum absolute atomic E-state index is 5.89. The largest absolute Gasteiger partial charge is 0.380 e. The van der Waals surface area contributed by atoms with Gasteiger partial charge in [0.2, 0.25) is 0 Å². The van der Waals surface area contributed by atoms with E-state index in [9.17, 15) is 0 Å². The summed E-state index contributed by atoms with van der Waals surface area (Å²) in [6.07, 6.45) is 1.15. The van der Waals surface area contributed by atoms with Crippen LogP contribution in [0.15, 0.2) is 0 Å². The van der Waals surface area contributed by atoms with Crippen LogP contribution in [0.3, 0.4) is 0 Å². The lowest BCUT2D eigenvalue weighted by atomic mass is 10.1. The van der Waals surface area contributed by atoms with E-state index < -0.39 is 0 Å². The highest BCUT2D eigenvalue weighted by atomic mass is 35.5. The zero-order valence-corrected chi connectivity index (χ0v) is 8.50. The van der Waals surface area contributed by atoms with Crippen LogP contribution in [0.1, 0.15) is 6.42 Å². The predicted octanol–water partition coefficient (Wildman–Crippen LogP) is 0.715. The zero-order chi connectivity index (χ0) is 9.10. The van der Waals surface area contributed by atoms with Gasteiger partial charge in [-0.1, -0.05) is 0 Å². The third-order valence-electron chi connectivity index (χ3n) is 2.83. The van der Waals surface area contributed by atoms with Crippen molar-refractivity contribution < 1.29 is 9.47 Å². The van der Waals surface area contributed by atoms with E-state index in [0.717, 1.165) is 39.4 Å². The van der Waals surface area contributed by atoms with Crippen LogP contribution in [0.2, 0.25) is 0 Å². The summed E-state index contributed by atoms with van der Waals surface area (Å²) in [6.45, 7) is 4.39. The molecule has 2 atom stereocenters. The summed E-state index contributed by atoms with van der Waals surface area (Å²) in [5.41, 5.74) is 0. The van der Waals surface area contributed by atoms with E-state index >= 15 is 0 Å². The van der Waals surface area contributed by atoms with Crippen molar-refractivity contribution in [2.24, 2.45) is 0 Å². The minimum absolute atomic E-state index is 0.391. The monoisotopic (exact) mass is 205 g/mol. The molecule has 2 rings (SSSR count). The molecule has 2 saturated heterocycles. The van der Waals surface area contributed by atoms with Crippen LogP contribution in [-0.4, -0.2) is 55.8 Å². The number of alkyl halides is 1. The Balaban J connectivity index is 1.93. The number of rotatable bonds is 2. The minimum Gasteiger partial charge on any atom is -0.380 e. The van der Waals surface area contributed by atoms with Crippen LogP contribution in [-0.2, 0) is 9.47 Å². The molecule has 2 fully saturated rings. The van der Waals surface area contributed by atoms with Gasteiger partial charge < -0.3 is 9.47 Å². The Hall–Kier alpha value is 0.170. The van der Waals surface area contributed by atoms with Crippen molar-refractivity contribution in [1.82, 2.24) is 4.90 Å². The van der Waals surface area contributed by atoms with Crippen LogP contribution >= 0.6 is 11.6 Å². The Morgan fingerprint density at radius 2 is 2.08 bits per heavy atom. The van der Waals surface area contributed by atoms with Crippen molar-refractivity contribution in [1.29, 1.82) is 0 Å². The minimum atomic E-state index is 0.391. The molecule has 0 aromatic heterocycles. The molecule has 2 unspecified atom stereocenters. The molecule has 2 heterocycles. The first-order chi connectivity index (χ1) is 6.42. The number of hydrogen-bond donors (Lipinski definition) is 0. The van der Waals surface area contributed by atoms with E-state index in [-0.39, 0.29) is 0 Å². The smallest absolute Gasteiger partial charge is 0.0634 e. The molecule has 0 amide bonds. The summed E-state index contributed by atoms with van der Waals surface area (Å²) < 4.78 is 10.8. The molecule has 0 aromatic rings. The van der Waals surface area contributed by atoms with Crippen molar-refractivity contribution >= 4 is 11.6 Å². The van der Waals surface area contributed by atoms with E-state index in [4.69, 9.17) is 21.1 Å². The van der Waals surface area contributed by atoms with Gasteiger partial charge in [-0.05, 0) is 6.42 Å². The second-order valence-electron chi connectivity index (χ2n) is 3.64. The summed E-state index contributed by atoms with van der Waals surface area (Å²) in [6, 6.07) is 0.967. The molecule has 3 nitrogen and oxygen atoms in total. The van der Waals surface area contributed by atoms with Crippen LogP contribution in [0, 0.1) is 0 Å². The Bertz CT molecular complexity index is 160. The summed E-state index contributed by atoms with van der Waals surface area (Å²) in [7, 11) is 0. The molecule has 4 heteroatoms. The van der Waals surface area contributed by atoms with Gasteiger partial charge >= 0.3 is 0 Å². The SMILES string of the molecule is ClCC1COCCN1C1CCOC1. The summed E-state index contributed by atoms with van der Waals surface area (Å²) >= 11 is 5.89. The van der Waals surface area contributed by atoms with Gasteiger partial charge in [0.05, 0.1) is 19.8 Å². The van der Waals surface area contributed by atoms with Crippen molar-refractivity contribution in [3.05, 3.63) is 0 Å². The van der Waals surface area contributed by atoms with Crippen LogP contribution < -0.4 is 0 Å². The fraction of sp³-hybridized carbons (Fsp3) is 1.00. The average molecular weight is 206 g/mol. The number of halogens is 1. The molecule has 2 aliphatic rings.